The van der Waals surface area contributed by atoms with Gasteiger partial charge in [0.2, 0.25) is 12.6 Å². The average Bonchev–Trinajstić information content (AvgIpc) is 3.59. The van der Waals surface area contributed by atoms with Gasteiger partial charge in [-0.05, 0) is 29.0 Å². The van der Waals surface area contributed by atoms with Gasteiger partial charge in [-0.3, -0.25) is 22.9 Å². The molecule has 0 atom stereocenters. The summed E-state index contributed by atoms with van der Waals surface area (Å²) in [5, 5.41) is 2.24. The molecule has 0 bridgehead atoms. The number of aryl methyl sites for hydroxylation is 1. The van der Waals surface area contributed by atoms with Crippen LogP contribution in [0.3, 0.4) is 0 Å². The molecule has 0 saturated heterocycles. The van der Waals surface area contributed by atoms with Gasteiger partial charge >= 0.3 is 5.69 Å². The maximum atomic E-state index is 13.1. The van der Waals surface area contributed by atoms with Crippen LogP contribution in [-0.2, 0) is 14.1 Å². The molecule has 9 nitrogen and oxygen atoms in total. The van der Waals surface area contributed by atoms with Crippen molar-refractivity contribution in [3.05, 3.63) is 87.7 Å². The Labute approximate surface area is 197 Å². The molecule has 0 N–H and O–H groups in total. The molecule has 1 aliphatic heterocycles. The van der Waals surface area contributed by atoms with Crippen molar-refractivity contribution < 1.29 is 9.47 Å². The monoisotopic (exact) mass is 465 g/mol. The van der Waals surface area contributed by atoms with E-state index in [9.17, 15) is 9.59 Å². The Kier molecular flexibility index (Phi) is 3.85. The predicted octanol–water partition coefficient (Wildman–Crippen LogP) is 3.22. The minimum absolute atomic E-state index is 0.169. The summed E-state index contributed by atoms with van der Waals surface area (Å²) in [6, 6.07) is 20.1. The maximum Gasteiger partial charge on any atom is 0.332 e. The van der Waals surface area contributed by atoms with Crippen molar-refractivity contribution in [2.75, 3.05) is 6.79 Å². The van der Waals surface area contributed by atoms with Crippen molar-refractivity contribution in [1.82, 2.24) is 23.1 Å². The van der Waals surface area contributed by atoms with Crippen LogP contribution in [0.5, 0.6) is 11.5 Å². The molecule has 6 aromatic rings. The number of nitrogens with zero attached hydrogens (tertiary/aromatic N) is 5. The number of ether oxygens (including phenoxy) is 2. The van der Waals surface area contributed by atoms with E-state index >= 15 is 0 Å². The predicted molar refractivity (Wildman–Crippen MR) is 132 cm³/mol. The van der Waals surface area contributed by atoms with Crippen LogP contribution in [0.4, 0.5) is 0 Å². The van der Waals surface area contributed by atoms with Gasteiger partial charge in [0.15, 0.2) is 22.7 Å². The quantitative estimate of drug-likeness (QED) is 0.392. The van der Waals surface area contributed by atoms with Crippen molar-refractivity contribution in [2.45, 2.75) is 0 Å². The number of benzene rings is 3. The van der Waals surface area contributed by atoms with Crippen LogP contribution in [0, 0.1) is 0 Å². The highest BCUT2D eigenvalue weighted by atomic mass is 16.7. The summed E-state index contributed by atoms with van der Waals surface area (Å²) in [5.74, 6) is 1.83. The normalized spacial score (nSPS) is 12.9. The molecule has 3 aromatic carbocycles. The average molecular weight is 465 g/mol. The number of rotatable bonds is 2. The molecule has 0 fully saturated rings. The van der Waals surface area contributed by atoms with E-state index in [0.29, 0.717) is 28.4 Å². The smallest absolute Gasteiger partial charge is 0.332 e. The number of aromatic nitrogens is 5. The van der Waals surface area contributed by atoms with Crippen LogP contribution in [-0.4, -0.2) is 29.9 Å². The first-order valence-electron chi connectivity index (χ1n) is 11.1. The first kappa shape index (κ1) is 19.7. The van der Waals surface area contributed by atoms with Crippen molar-refractivity contribution in [3.63, 3.8) is 0 Å². The first-order chi connectivity index (χ1) is 17.0. The lowest BCUT2D eigenvalue weighted by atomic mass is 10.1. The van der Waals surface area contributed by atoms with Crippen LogP contribution in [0.2, 0.25) is 0 Å². The van der Waals surface area contributed by atoms with Gasteiger partial charge in [-0.1, -0.05) is 36.4 Å². The van der Waals surface area contributed by atoms with Crippen LogP contribution in [0.1, 0.15) is 0 Å². The Morgan fingerprint density at radius 3 is 2.51 bits per heavy atom. The third kappa shape index (κ3) is 2.66. The molecule has 9 heteroatoms. The minimum Gasteiger partial charge on any atom is -0.454 e. The number of fused-ring (bicyclic) bond motifs is 5. The first-order valence-corrected chi connectivity index (χ1v) is 11.1. The van der Waals surface area contributed by atoms with Crippen molar-refractivity contribution >= 4 is 27.7 Å². The van der Waals surface area contributed by atoms with Crippen LogP contribution in [0.15, 0.2) is 76.4 Å². The van der Waals surface area contributed by atoms with Gasteiger partial charge in [0, 0.05) is 31.9 Å². The summed E-state index contributed by atoms with van der Waals surface area (Å²) in [7, 11) is 3.09. The molecule has 0 unspecified atom stereocenters. The summed E-state index contributed by atoms with van der Waals surface area (Å²) in [6.07, 6.45) is 1.89. The largest absolute Gasteiger partial charge is 0.454 e. The van der Waals surface area contributed by atoms with Gasteiger partial charge in [0.25, 0.3) is 5.56 Å². The topological polar surface area (TPSA) is 84.7 Å². The van der Waals surface area contributed by atoms with Gasteiger partial charge < -0.3 is 9.47 Å². The molecular formula is C26H19N5O4. The Morgan fingerprint density at radius 2 is 1.66 bits per heavy atom. The SMILES string of the molecule is Cn1c(=O)c2c(nc3n(-c4ccc5c(c4)OCO5)c(-c4ccc5ccccc5c4)cn23)n(C)c1=O. The second-order valence-electron chi connectivity index (χ2n) is 8.61. The van der Waals surface area contributed by atoms with E-state index in [4.69, 9.17) is 14.5 Å². The molecule has 0 aliphatic carbocycles. The Hall–Kier alpha value is -4.79. The van der Waals surface area contributed by atoms with E-state index in [-0.39, 0.29) is 6.79 Å². The highest BCUT2D eigenvalue weighted by molar-refractivity contribution is 5.88. The third-order valence-electron chi connectivity index (χ3n) is 6.62. The number of imidazole rings is 2. The fraction of sp³-hybridized carbons (Fsp3) is 0.115. The Bertz CT molecular complexity index is 1960. The summed E-state index contributed by atoms with van der Waals surface area (Å²) < 4.78 is 17.3. The maximum absolute atomic E-state index is 13.1. The molecule has 172 valence electrons. The lowest BCUT2D eigenvalue weighted by molar-refractivity contribution is 0.174. The van der Waals surface area contributed by atoms with Gasteiger partial charge in [-0.15, -0.1) is 0 Å². The highest BCUT2D eigenvalue weighted by Crippen LogP contribution is 2.37. The molecule has 4 heterocycles. The van der Waals surface area contributed by atoms with E-state index in [1.54, 1.807) is 11.4 Å². The van der Waals surface area contributed by atoms with Crippen molar-refractivity contribution in [2.24, 2.45) is 14.1 Å². The second kappa shape index (κ2) is 6.86. The van der Waals surface area contributed by atoms with E-state index < -0.39 is 11.2 Å². The zero-order valence-electron chi connectivity index (χ0n) is 18.9. The molecule has 0 saturated carbocycles. The van der Waals surface area contributed by atoms with E-state index in [2.05, 4.69) is 30.3 Å². The Morgan fingerprint density at radius 1 is 0.857 bits per heavy atom. The Balaban J connectivity index is 1.61. The van der Waals surface area contributed by atoms with E-state index in [1.165, 1.54) is 11.6 Å². The van der Waals surface area contributed by atoms with Crippen molar-refractivity contribution in [3.8, 4) is 28.4 Å². The molecule has 1 aliphatic rings. The molecular weight excluding hydrogens is 446 g/mol. The zero-order valence-corrected chi connectivity index (χ0v) is 18.9. The van der Waals surface area contributed by atoms with E-state index in [1.807, 2.05) is 41.1 Å². The van der Waals surface area contributed by atoms with Gasteiger partial charge in [0.1, 0.15) is 0 Å². The second-order valence-corrected chi connectivity index (χ2v) is 8.61. The number of hydrogen-bond donors (Lipinski definition) is 0. The third-order valence-corrected chi connectivity index (χ3v) is 6.62. The lowest BCUT2D eigenvalue weighted by Crippen LogP contribution is -2.37. The molecule has 0 amide bonds. The molecule has 0 radical (unpaired) electrons. The number of hydrogen-bond acceptors (Lipinski definition) is 5. The molecule has 0 spiro atoms. The van der Waals surface area contributed by atoms with E-state index in [0.717, 1.165) is 32.3 Å². The van der Waals surface area contributed by atoms with Crippen LogP contribution < -0.4 is 20.7 Å². The van der Waals surface area contributed by atoms with Crippen LogP contribution >= 0.6 is 0 Å². The summed E-state index contributed by atoms with van der Waals surface area (Å²) in [5.41, 5.74) is 2.44. The van der Waals surface area contributed by atoms with Gasteiger partial charge in [-0.2, -0.15) is 4.98 Å². The summed E-state index contributed by atoms with van der Waals surface area (Å²) in [6.45, 7) is 0.169. The highest BCUT2D eigenvalue weighted by Gasteiger charge is 2.23. The molecule has 35 heavy (non-hydrogen) atoms. The summed E-state index contributed by atoms with van der Waals surface area (Å²) in [4.78, 5) is 30.4. The van der Waals surface area contributed by atoms with Crippen molar-refractivity contribution in [1.29, 1.82) is 0 Å². The zero-order chi connectivity index (χ0) is 23.8. The van der Waals surface area contributed by atoms with Gasteiger partial charge in [0.05, 0.1) is 11.4 Å². The minimum atomic E-state index is -0.423. The summed E-state index contributed by atoms with van der Waals surface area (Å²) >= 11 is 0. The molecule has 3 aromatic heterocycles. The fourth-order valence-electron chi connectivity index (χ4n) is 4.80. The lowest BCUT2D eigenvalue weighted by Gasteiger charge is -2.11. The fourth-order valence-corrected chi connectivity index (χ4v) is 4.80. The van der Waals surface area contributed by atoms with Gasteiger partial charge in [-0.25, -0.2) is 4.79 Å². The van der Waals surface area contributed by atoms with Crippen LogP contribution in [0.25, 0.3) is 44.7 Å². The standard InChI is InChI=1S/C26H19N5O4/c1-28-23-22(24(32)29(2)26(28)33)30-13-19(17-8-7-15-5-3-4-6-16(15)11-17)31(25(30)27-23)18-9-10-20-21(12-18)35-14-34-20/h3-13H,14H2,1-2H3. The molecule has 7 rings (SSSR count).